The third-order valence-corrected chi connectivity index (χ3v) is 2.38. The van der Waals surface area contributed by atoms with E-state index in [1.54, 1.807) is 19.1 Å². The van der Waals surface area contributed by atoms with E-state index in [0.717, 1.165) is 5.56 Å². The molecular formula is C12H15FN2O3. The van der Waals surface area contributed by atoms with E-state index in [9.17, 15) is 14.0 Å². The molecule has 0 heterocycles. The molecule has 6 heteroatoms. The Balaban J connectivity index is 2.41. The summed E-state index contributed by atoms with van der Waals surface area (Å²) >= 11 is 0. The SMILES string of the molecule is CC[C@H](NC(=O)NCc1ccc(F)cc1)C(=O)O. The number of carbonyl (C=O) groups is 2. The topological polar surface area (TPSA) is 78.4 Å². The van der Waals surface area contributed by atoms with Gasteiger partial charge in [-0.3, -0.25) is 0 Å². The van der Waals surface area contributed by atoms with Crippen molar-refractivity contribution in [2.24, 2.45) is 0 Å². The Labute approximate surface area is 104 Å². The Kier molecular flexibility index (Phi) is 5.10. The molecule has 1 rings (SSSR count). The molecule has 0 saturated heterocycles. The summed E-state index contributed by atoms with van der Waals surface area (Å²) in [5.74, 6) is -1.42. The van der Waals surface area contributed by atoms with Gasteiger partial charge in [0, 0.05) is 6.54 Å². The number of halogens is 1. The molecule has 1 aromatic rings. The van der Waals surface area contributed by atoms with Crippen LogP contribution in [-0.2, 0) is 11.3 Å². The number of carbonyl (C=O) groups excluding carboxylic acids is 1. The summed E-state index contributed by atoms with van der Waals surface area (Å²) in [6.07, 6.45) is 0.305. The van der Waals surface area contributed by atoms with Crippen LogP contribution in [0.5, 0.6) is 0 Å². The summed E-state index contributed by atoms with van der Waals surface area (Å²) in [5, 5.41) is 13.6. The molecule has 1 aromatic carbocycles. The molecule has 0 radical (unpaired) electrons. The molecule has 0 aliphatic heterocycles. The minimum absolute atomic E-state index is 0.210. The van der Waals surface area contributed by atoms with Crippen LogP contribution in [0.3, 0.4) is 0 Å². The smallest absolute Gasteiger partial charge is 0.326 e. The zero-order chi connectivity index (χ0) is 13.5. The Morgan fingerprint density at radius 1 is 1.33 bits per heavy atom. The van der Waals surface area contributed by atoms with E-state index >= 15 is 0 Å². The molecule has 18 heavy (non-hydrogen) atoms. The van der Waals surface area contributed by atoms with Gasteiger partial charge in [-0.15, -0.1) is 0 Å². The van der Waals surface area contributed by atoms with E-state index in [2.05, 4.69) is 10.6 Å². The van der Waals surface area contributed by atoms with Gasteiger partial charge in [0.15, 0.2) is 0 Å². The van der Waals surface area contributed by atoms with E-state index in [1.165, 1.54) is 12.1 Å². The van der Waals surface area contributed by atoms with Gasteiger partial charge < -0.3 is 15.7 Å². The number of hydrogen-bond acceptors (Lipinski definition) is 2. The predicted molar refractivity (Wildman–Crippen MR) is 63.5 cm³/mol. The molecule has 5 nitrogen and oxygen atoms in total. The van der Waals surface area contributed by atoms with Crippen LogP contribution in [0.1, 0.15) is 18.9 Å². The van der Waals surface area contributed by atoms with Crippen LogP contribution in [0, 0.1) is 5.82 Å². The molecule has 0 saturated carbocycles. The minimum atomic E-state index is -1.07. The highest BCUT2D eigenvalue weighted by atomic mass is 19.1. The van der Waals surface area contributed by atoms with E-state index < -0.39 is 18.0 Å². The Morgan fingerprint density at radius 2 is 1.94 bits per heavy atom. The molecular weight excluding hydrogens is 239 g/mol. The molecule has 0 aliphatic carbocycles. The first-order valence-corrected chi connectivity index (χ1v) is 5.54. The van der Waals surface area contributed by atoms with Crippen molar-refractivity contribution >= 4 is 12.0 Å². The predicted octanol–water partition coefficient (Wildman–Crippen LogP) is 1.49. The second-order valence-electron chi connectivity index (χ2n) is 3.75. The van der Waals surface area contributed by atoms with Gasteiger partial charge in [0.05, 0.1) is 0 Å². The second-order valence-corrected chi connectivity index (χ2v) is 3.75. The minimum Gasteiger partial charge on any atom is -0.480 e. The van der Waals surface area contributed by atoms with E-state index in [-0.39, 0.29) is 12.4 Å². The lowest BCUT2D eigenvalue weighted by molar-refractivity contribution is -0.139. The molecule has 0 bridgehead atoms. The van der Waals surface area contributed by atoms with Crippen LogP contribution in [-0.4, -0.2) is 23.1 Å². The van der Waals surface area contributed by atoms with Crippen LogP contribution >= 0.6 is 0 Å². The first kappa shape index (κ1) is 14.0. The molecule has 0 aliphatic rings. The molecule has 1 atom stereocenters. The third-order valence-electron chi connectivity index (χ3n) is 2.38. The number of hydrogen-bond donors (Lipinski definition) is 3. The van der Waals surface area contributed by atoms with Crippen molar-refractivity contribution in [3.8, 4) is 0 Å². The lowest BCUT2D eigenvalue weighted by Gasteiger charge is -2.13. The number of rotatable bonds is 5. The van der Waals surface area contributed by atoms with Crippen molar-refractivity contribution in [3.05, 3.63) is 35.6 Å². The third kappa shape index (κ3) is 4.40. The zero-order valence-electron chi connectivity index (χ0n) is 9.94. The highest BCUT2D eigenvalue weighted by Gasteiger charge is 2.16. The number of amides is 2. The summed E-state index contributed by atoms with van der Waals surface area (Å²) in [6, 6.07) is 4.21. The van der Waals surface area contributed by atoms with Crippen LogP contribution in [0.15, 0.2) is 24.3 Å². The molecule has 2 amide bonds. The van der Waals surface area contributed by atoms with E-state index in [0.29, 0.717) is 6.42 Å². The van der Waals surface area contributed by atoms with Crippen molar-refractivity contribution < 1.29 is 19.1 Å². The summed E-state index contributed by atoms with van der Waals surface area (Å²) in [6.45, 7) is 1.88. The van der Waals surface area contributed by atoms with Gasteiger partial charge >= 0.3 is 12.0 Å². The first-order chi connectivity index (χ1) is 8.52. The maximum atomic E-state index is 12.6. The number of aliphatic carboxylic acids is 1. The monoisotopic (exact) mass is 254 g/mol. The Bertz CT molecular complexity index is 420. The standard InChI is InChI=1S/C12H15FN2O3/c1-2-10(11(16)17)15-12(18)14-7-8-3-5-9(13)6-4-8/h3-6,10H,2,7H2,1H3,(H,16,17)(H2,14,15,18)/t10-/m0/s1. The first-order valence-electron chi connectivity index (χ1n) is 5.54. The summed E-state index contributed by atoms with van der Waals surface area (Å²) in [5.41, 5.74) is 0.731. The van der Waals surface area contributed by atoms with Crippen LogP contribution in [0.4, 0.5) is 9.18 Å². The maximum Gasteiger partial charge on any atom is 0.326 e. The molecule has 0 unspecified atom stereocenters. The van der Waals surface area contributed by atoms with Gasteiger partial charge in [0.25, 0.3) is 0 Å². The van der Waals surface area contributed by atoms with E-state index in [1.807, 2.05) is 0 Å². The highest BCUT2D eigenvalue weighted by molar-refractivity contribution is 5.82. The fourth-order valence-corrected chi connectivity index (χ4v) is 1.33. The largest absolute Gasteiger partial charge is 0.480 e. The van der Waals surface area contributed by atoms with Crippen molar-refractivity contribution in [1.29, 1.82) is 0 Å². The zero-order valence-corrected chi connectivity index (χ0v) is 9.94. The molecule has 3 N–H and O–H groups in total. The Hall–Kier alpha value is -2.11. The van der Waals surface area contributed by atoms with E-state index in [4.69, 9.17) is 5.11 Å². The van der Waals surface area contributed by atoms with Crippen molar-refractivity contribution in [2.75, 3.05) is 0 Å². The summed E-state index contributed by atoms with van der Waals surface area (Å²) < 4.78 is 12.6. The number of urea groups is 1. The van der Waals surface area contributed by atoms with Crippen LogP contribution in [0.2, 0.25) is 0 Å². The quantitative estimate of drug-likeness (QED) is 0.744. The lowest BCUT2D eigenvalue weighted by Crippen LogP contribution is -2.45. The Morgan fingerprint density at radius 3 is 2.44 bits per heavy atom. The van der Waals surface area contributed by atoms with Crippen molar-refractivity contribution in [3.63, 3.8) is 0 Å². The molecule has 98 valence electrons. The van der Waals surface area contributed by atoms with Crippen molar-refractivity contribution in [1.82, 2.24) is 10.6 Å². The average molecular weight is 254 g/mol. The molecule has 0 fully saturated rings. The van der Waals surface area contributed by atoms with Gasteiger partial charge in [-0.2, -0.15) is 0 Å². The maximum absolute atomic E-state index is 12.6. The average Bonchev–Trinajstić information content (AvgIpc) is 2.35. The number of benzene rings is 1. The fourth-order valence-electron chi connectivity index (χ4n) is 1.33. The van der Waals surface area contributed by atoms with Gasteiger partial charge in [-0.05, 0) is 24.1 Å². The van der Waals surface area contributed by atoms with Gasteiger partial charge in [0.1, 0.15) is 11.9 Å². The molecule has 0 aromatic heterocycles. The summed E-state index contributed by atoms with van der Waals surface area (Å²) in [4.78, 5) is 22.1. The summed E-state index contributed by atoms with van der Waals surface area (Å²) in [7, 11) is 0. The molecule has 0 spiro atoms. The van der Waals surface area contributed by atoms with Gasteiger partial charge in [-0.1, -0.05) is 19.1 Å². The normalized spacial score (nSPS) is 11.7. The highest BCUT2D eigenvalue weighted by Crippen LogP contribution is 2.02. The van der Waals surface area contributed by atoms with Gasteiger partial charge in [-0.25, -0.2) is 14.0 Å². The number of carboxylic acid groups (broad SMARTS) is 1. The van der Waals surface area contributed by atoms with Gasteiger partial charge in [0.2, 0.25) is 0 Å². The number of carboxylic acids is 1. The van der Waals surface area contributed by atoms with Crippen LogP contribution in [0.25, 0.3) is 0 Å². The lowest BCUT2D eigenvalue weighted by atomic mass is 10.2. The van der Waals surface area contributed by atoms with Crippen molar-refractivity contribution in [2.45, 2.75) is 25.9 Å². The second kappa shape index (κ2) is 6.58. The fraction of sp³-hybridized carbons (Fsp3) is 0.333. The van der Waals surface area contributed by atoms with Crippen LogP contribution < -0.4 is 10.6 Å². The number of nitrogens with one attached hydrogen (secondary N) is 2.